The van der Waals surface area contributed by atoms with Gasteiger partial charge in [-0.1, -0.05) is 0 Å². The first-order valence-electron chi connectivity index (χ1n) is 6.04. The summed E-state index contributed by atoms with van der Waals surface area (Å²) in [7, 11) is 1.77. The van der Waals surface area contributed by atoms with Crippen molar-refractivity contribution in [3.8, 4) is 0 Å². The third-order valence-electron chi connectivity index (χ3n) is 3.39. The van der Waals surface area contributed by atoms with Crippen LogP contribution in [0.2, 0.25) is 0 Å². The van der Waals surface area contributed by atoms with Crippen LogP contribution in [0.3, 0.4) is 0 Å². The van der Waals surface area contributed by atoms with E-state index in [1.807, 2.05) is 18.3 Å². The molecule has 0 unspecified atom stereocenters. The van der Waals surface area contributed by atoms with E-state index in [1.165, 1.54) is 19.3 Å². The quantitative estimate of drug-likeness (QED) is 0.840. The smallest absolute Gasteiger partial charge is 0.0542 e. The summed E-state index contributed by atoms with van der Waals surface area (Å²) >= 11 is 3.39. The van der Waals surface area contributed by atoms with Gasteiger partial charge in [-0.2, -0.15) is 0 Å². The zero-order valence-electron chi connectivity index (χ0n) is 10.2. The fourth-order valence-electron chi connectivity index (χ4n) is 1.98. The van der Waals surface area contributed by atoms with Gasteiger partial charge in [0.15, 0.2) is 0 Å². The minimum atomic E-state index is 0.505. The standard InChI is InChI=1S/C13H19BrN2O/c1-17-7-6-13(4-5-13)10-15-9-12-3-2-11(14)8-16-12/h2-3,8,15H,4-7,9-10H2,1H3. The molecule has 1 heterocycles. The lowest BCUT2D eigenvalue weighted by Crippen LogP contribution is -2.25. The number of pyridine rings is 1. The zero-order chi connectivity index (χ0) is 12.1. The largest absolute Gasteiger partial charge is 0.385 e. The molecule has 1 saturated carbocycles. The molecule has 0 saturated heterocycles. The Hall–Kier alpha value is -0.450. The van der Waals surface area contributed by atoms with Gasteiger partial charge in [0.1, 0.15) is 0 Å². The molecule has 1 aliphatic carbocycles. The van der Waals surface area contributed by atoms with Gasteiger partial charge in [0.05, 0.1) is 5.69 Å². The normalized spacial score (nSPS) is 17.1. The number of hydrogen-bond donors (Lipinski definition) is 1. The summed E-state index contributed by atoms with van der Waals surface area (Å²) in [6.07, 6.45) is 5.67. The molecule has 1 aromatic rings. The highest BCUT2D eigenvalue weighted by atomic mass is 79.9. The molecule has 94 valence electrons. The monoisotopic (exact) mass is 298 g/mol. The SMILES string of the molecule is COCCC1(CNCc2ccc(Br)cn2)CC1. The van der Waals surface area contributed by atoms with Crippen LogP contribution >= 0.6 is 15.9 Å². The van der Waals surface area contributed by atoms with E-state index >= 15 is 0 Å². The Morgan fingerprint density at radius 3 is 2.88 bits per heavy atom. The highest BCUT2D eigenvalue weighted by Gasteiger charge is 2.41. The second-order valence-electron chi connectivity index (χ2n) is 4.81. The van der Waals surface area contributed by atoms with Gasteiger partial charge in [0.2, 0.25) is 0 Å². The number of aromatic nitrogens is 1. The molecule has 2 rings (SSSR count). The third kappa shape index (κ3) is 4.05. The van der Waals surface area contributed by atoms with Crippen molar-refractivity contribution in [2.45, 2.75) is 25.8 Å². The van der Waals surface area contributed by atoms with E-state index in [2.05, 4.69) is 26.2 Å². The predicted octanol–water partition coefficient (Wildman–Crippen LogP) is 2.75. The summed E-state index contributed by atoms with van der Waals surface area (Å²) in [5.74, 6) is 0. The molecule has 4 heteroatoms. The van der Waals surface area contributed by atoms with E-state index < -0.39 is 0 Å². The Morgan fingerprint density at radius 2 is 2.29 bits per heavy atom. The Kier molecular flexibility index (Phi) is 4.54. The van der Waals surface area contributed by atoms with Crippen LogP contribution in [0.4, 0.5) is 0 Å². The summed E-state index contributed by atoms with van der Waals surface area (Å²) in [5, 5.41) is 3.50. The molecule has 0 aliphatic heterocycles. The van der Waals surface area contributed by atoms with Crippen LogP contribution in [0, 0.1) is 5.41 Å². The Bertz CT molecular complexity index is 349. The number of nitrogens with one attached hydrogen (secondary N) is 1. The second-order valence-corrected chi connectivity index (χ2v) is 5.73. The topological polar surface area (TPSA) is 34.1 Å². The zero-order valence-corrected chi connectivity index (χ0v) is 11.8. The molecular formula is C13H19BrN2O. The molecule has 3 nitrogen and oxygen atoms in total. The average molecular weight is 299 g/mol. The van der Waals surface area contributed by atoms with Crippen LogP contribution in [0.1, 0.15) is 25.0 Å². The summed E-state index contributed by atoms with van der Waals surface area (Å²) < 4.78 is 6.18. The van der Waals surface area contributed by atoms with Gasteiger partial charge in [-0.15, -0.1) is 0 Å². The van der Waals surface area contributed by atoms with Gasteiger partial charge < -0.3 is 10.1 Å². The van der Waals surface area contributed by atoms with Gasteiger partial charge in [-0.05, 0) is 52.7 Å². The lowest BCUT2D eigenvalue weighted by atomic mass is 10.0. The summed E-state index contributed by atoms with van der Waals surface area (Å²) in [6.45, 7) is 2.80. The van der Waals surface area contributed by atoms with E-state index in [9.17, 15) is 0 Å². The van der Waals surface area contributed by atoms with Crippen LogP contribution in [-0.2, 0) is 11.3 Å². The van der Waals surface area contributed by atoms with Crippen LogP contribution in [0.25, 0.3) is 0 Å². The number of hydrogen-bond acceptors (Lipinski definition) is 3. The molecule has 0 amide bonds. The summed E-state index contributed by atoms with van der Waals surface area (Å²) in [4.78, 5) is 4.35. The third-order valence-corrected chi connectivity index (χ3v) is 3.86. The molecule has 0 aromatic carbocycles. The molecule has 1 fully saturated rings. The van der Waals surface area contributed by atoms with Crippen molar-refractivity contribution in [1.82, 2.24) is 10.3 Å². The maximum Gasteiger partial charge on any atom is 0.0542 e. The number of methoxy groups -OCH3 is 1. The molecule has 0 atom stereocenters. The van der Waals surface area contributed by atoms with Crippen molar-refractivity contribution in [3.05, 3.63) is 28.5 Å². The van der Waals surface area contributed by atoms with Crippen molar-refractivity contribution in [1.29, 1.82) is 0 Å². The first-order valence-corrected chi connectivity index (χ1v) is 6.83. The maximum atomic E-state index is 5.15. The van der Waals surface area contributed by atoms with Crippen molar-refractivity contribution in [2.75, 3.05) is 20.3 Å². The van der Waals surface area contributed by atoms with E-state index in [4.69, 9.17) is 4.74 Å². The molecular weight excluding hydrogens is 280 g/mol. The van der Waals surface area contributed by atoms with Crippen molar-refractivity contribution >= 4 is 15.9 Å². The fraction of sp³-hybridized carbons (Fsp3) is 0.615. The Labute approximate surface area is 111 Å². The van der Waals surface area contributed by atoms with E-state index in [1.54, 1.807) is 7.11 Å². The summed E-state index contributed by atoms with van der Waals surface area (Å²) in [5.41, 5.74) is 1.60. The number of nitrogens with zero attached hydrogens (tertiary/aromatic N) is 1. The molecule has 0 radical (unpaired) electrons. The Morgan fingerprint density at radius 1 is 1.47 bits per heavy atom. The van der Waals surface area contributed by atoms with E-state index in [-0.39, 0.29) is 0 Å². The molecule has 0 spiro atoms. The minimum Gasteiger partial charge on any atom is -0.385 e. The minimum absolute atomic E-state index is 0.505. The lowest BCUT2D eigenvalue weighted by Gasteiger charge is -2.15. The highest BCUT2D eigenvalue weighted by molar-refractivity contribution is 9.10. The van der Waals surface area contributed by atoms with Crippen LogP contribution in [0.15, 0.2) is 22.8 Å². The molecule has 1 aliphatic rings. The van der Waals surface area contributed by atoms with Gasteiger partial charge in [0.25, 0.3) is 0 Å². The number of ether oxygens (including phenoxy) is 1. The molecule has 1 aromatic heterocycles. The maximum absolute atomic E-state index is 5.15. The van der Waals surface area contributed by atoms with E-state index in [0.717, 1.165) is 29.9 Å². The Balaban J connectivity index is 1.71. The van der Waals surface area contributed by atoms with Crippen LogP contribution in [-0.4, -0.2) is 25.2 Å². The van der Waals surface area contributed by atoms with Gasteiger partial charge >= 0.3 is 0 Å². The number of halogens is 1. The molecule has 0 bridgehead atoms. The van der Waals surface area contributed by atoms with Gasteiger partial charge in [0, 0.05) is 37.5 Å². The molecule has 17 heavy (non-hydrogen) atoms. The first-order chi connectivity index (χ1) is 8.24. The lowest BCUT2D eigenvalue weighted by molar-refractivity contribution is 0.171. The van der Waals surface area contributed by atoms with Crippen molar-refractivity contribution in [3.63, 3.8) is 0 Å². The first kappa shape index (κ1) is 13.0. The average Bonchev–Trinajstić information content (AvgIpc) is 3.10. The predicted molar refractivity (Wildman–Crippen MR) is 71.8 cm³/mol. The van der Waals surface area contributed by atoms with E-state index in [0.29, 0.717) is 5.41 Å². The van der Waals surface area contributed by atoms with Crippen molar-refractivity contribution < 1.29 is 4.74 Å². The van der Waals surface area contributed by atoms with Crippen LogP contribution in [0.5, 0.6) is 0 Å². The second kappa shape index (κ2) is 5.94. The highest BCUT2D eigenvalue weighted by Crippen LogP contribution is 2.48. The summed E-state index contributed by atoms with van der Waals surface area (Å²) in [6, 6.07) is 4.08. The van der Waals surface area contributed by atoms with Gasteiger partial charge in [-0.3, -0.25) is 4.98 Å². The van der Waals surface area contributed by atoms with Gasteiger partial charge in [-0.25, -0.2) is 0 Å². The van der Waals surface area contributed by atoms with Crippen LogP contribution < -0.4 is 5.32 Å². The molecule has 1 N–H and O–H groups in total. The number of rotatable bonds is 7. The van der Waals surface area contributed by atoms with Crippen molar-refractivity contribution in [2.24, 2.45) is 5.41 Å². The fourth-order valence-corrected chi connectivity index (χ4v) is 2.21.